The van der Waals surface area contributed by atoms with Crippen molar-refractivity contribution in [1.29, 1.82) is 0 Å². The Morgan fingerprint density at radius 1 is 1.16 bits per heavy atom. The Morgan fingerprint density at radius 2 is 1.68 bits per heavy atom. The zero-order valence-corrected chi connectivity index (χ0v) is 12.5. The maximum absolute atomic E-state index is 12.1. The van der Waals surface area contributed by atoms with Crippen molar-refractivity contribution < 1.29 is 13.2 Å². The molecule has 5 heteroatoms. The Bertz CT molecular complexity index is 516. The lowest BCUT2D eigenvalue weighted by atomic mass is 10.2. The predicted octanol–water partition coefficient (Wildman–Crippen LogP) is 2.07. The first-order chi connectivity index (χ1) is 8.89. The highest BCUT2D eigenvalue weighted by molar-refractivity contribution is 7.92. The molecule has 1 aromatic rings. The summed E-state index contributed by atoms with van der Waals surface area (Å²) in [6, 6.07) is 6.57. The summed E-state index contributed by atoms with van der Waals surface area (Å²) in [4.78, 5) is 11.9. The van der Waals surface area contributed by atoms with Crippen LogP contribution in [0.1, 0.15) is 32.3 Å². The van der Waals surface area contributed by atoms with Gasteiger partial charge in [-0.1, -0.05) is 31.5 Å². The normalized spacial score (nSPS) is 11.6. The van der Waals surface area contributed by atoms with Crippen molar-refractivity contribution in [1.82, 2.24) is 5.32 Å². The van der Waals surface area contributed by atoms with E-state index in [1.165, 1.54) is 12.1 Å². The van der Waals surface area contributed by atoms with E-state index >= 15 is 0 Å². The van der Waals surface area contributed by atoms with Crippen molar-refractivity contribution in [2.24, 2.45) is 0 Å². The molecule has 0 heterocycles. The molecule has 1 N–H and O–H groups in total. The number of carbonyl (C=O) groups is 1. The Kier molecular flexibility index (Phi) is 5.54. The van der Waals surface area contributed by atoms with Crippen LogP contribution in [-0.2, 0) is 14.6 Å². The highest BCUT2D eigenvalue weighted by Gasteiger charge is 2.20. The average molecular weight is 283 g/mol. The molecule has 0 radical (unpaired) electrons. The zero-order chi connectivity index (χ0) is 14.5. The van der Waals surface area contributed by atoms with E-state index in [0.717, 1.165) is 18.4 Å². The molecule has 106 valence electrons. The molecule has 0 aliphatic carbocycles. The lowest BCUT2D eigenvalue weighted by molar-refractivity contribution is -0.119. The third kappa shape index (κ3) is 4.67. The van der Waals surface area contributed by atoms with E-state index in [-0.39, 0.29) is 10.9 Å². The summed E-state index contributed by atoms with van der Waals surface area (Å²) >= 11 is 0. The van der Waals surface area contributed by atoms with Gasteiger partial charge >= 0.3 is 0 Å². The fourth-order valence-corrected chi connectivity index (χ4v) is 2.91. The van der Waals surface area contributed by atoms with Gasteiger partial charge in [-0.2, -0.15) is 0 Å². The summed E-state index contributed by atoms with van der Waals surface area (Å²) in [5.74, 6) is -0.929. The van der Waals surface area contributed by atoms with E-state index in [0.29, 0.717) is 0 Å². The minimum Gasteiger partial charge on any atom is -0.353 e. The third-order valence-corrected chi connectivity index (χ3v) is 4.68. The number of hydrogen-bond acceptors (Lipinski definition) is 3. The molecule has 0 aromatic heterocycles. The summed E-state index contributed by atoms with van der Waals surface area (Å²) in [5.41, 5.74) is 0.987. The number of hydrogen-bond donors (Lipinski definition) is 1. The van der Waals surface area contributed by atoms with Crippen LogP contribution in [0.3, 0.4) is 0 Å². The maximum Gasteiger partial charge on any atom is 0.235 e. The first-order valence-corrected chi connectivity index (χ1v) is 8.13. The topological polar surface area (TPSA) is 63.2 Å². The molecule has 1 aromatic carbocycles. The van der Waals surface area contributed by atoms with Gasteiger partial charge in [-0.3, -0.25) is 4.79 Å². The van der Waals surface area contributed by atoms with Crippen molar-refractivity contribution in [3.8, 4) is 0 Å². The number of aryl methyl sites for hydroxylation is 1. The number of benzene rings is 1. The second-order valence-corrected chi connectivity index (χ2v) is 6.64. The zero-order valence-electron chi connectivity index (χ0n) is 11.6. The van der Waals surface area contributed by atoms with E-state index < -0.39 is 21.5 Å². The van der Waals surface area contributed by atoms with Gasteiger partial charge in [0.05, 0.1) is 4.90 Å². The second kappa shape index (κ2) is 6.70. The van der Waals surface area contributed by atoms with Gasteiger partial charge in [0.15, 0.2) is 9.84 Å². The van der Waals surface area contributed by atoms with Gasteiger partial charge in [-0.25, -0.2) is 8.42 Å². The van der Waals surface area contributed by atoms with E-state index in [2.05, 4.69) is 5.32 Å². The summed E-state index contributed by atoms with van der Waals surface area (Å²) in [6.07, 6.45) is 1.60. The molecule has 0 aliphatic rings. The van der Waals surface area contributed by atoms with Crippen molar-refractivity contribution >= 4 is 15.7 Å². The van der Waals surface area contributed by atoms with Crippen molar-refractivity contribution in [3.63, 3.8) is 0 Å². The van der Waals surface area contributed by atoms with E-state index in [9.17, 15) is 13.2 Å². The smallest absolute Gasteiger partial charge is 0.235 e. The summed E-state index contributed by atoms with van der Waals surface area (Å²) < 4.78 is 24.1. The molecule has 19 heavy (non-hydrogen) atoms. The number of nitrogens with one attached hydrogen (secondary N) is 1. The van der Waals surface area contributed by atoms with Gasteiger partial charge in [0.25, 0.3) is 0 Å². The SMILES string of the molecule is CCC(CC)NC(=O)CS(=O)(=O)c1ccc(C)cc1. The van der Waals surface area contributed by atoms with Crippen LogP contribution in [-0.4, -0.2) is 26.1 Å². The number of rotatable bonds is 6. The molecule has 0 unspecified atom stereocenters. The average Bonchev–Trinajstić information content (AvgIpc) is 2.35. The number of sulfone groups is 1. The Morgan fingerprint density at radius 3 is 2.16 bits per heavy atom. The molecule has 0 spiro atoms. The Labute approximate surface area is 115 Å². The summed E-state index contributed by atoms with van der Waals surface area (Å²) in [7, 11) is -3.55. The van der Waals surface area contributed by atoms with Crippen LogP contribution in [0.4, 0.5) is 0 Å². The fourth-order valence-electron chi connectivity index (χ4n) is 1.76. The minimum atomic E-state index is -3.55. The highest BCUT2D eigenvalue weighted by Crippen LogP contribution is 2.12. The van der Waals surface area contributed by atoms with Gasteiger partial charge in [0.2, 0.25) is 5.91 Å². The largest absolute Gasteiger partial charge is 0.353 e. The monoisotopic (exact) mass is 283 g/mol. The van der Waals surface area contributed by atoms with Crippen LogP contribution in [0.15, 0.2) is 29.2 Å². The van der Waals surface area contributed by atoms with E-state index in [1.54, 1.807) is 12.1 Å². The molecular weight excluding hydrogens is 262 g/mol. The maximum atomic E-state index is 12.1. The predicted molar refractivity (Wildman–Crippen MR) is 75.7 cm³/mol. The van der Waals surface area contributed by atoms with Crippen molar-refractivity contribution in [2.75, 3.05) is 5.75 Å². The lowest BCUT2D eigenvalue weighted by Crippen LogP contribution is -2.37. The van der Waals surface area contributed by atoms with E-state index in [4.69, 9.17) is 0 Å². The minimum absolute atomic E-state index is 0.0423. The number of amides is 1. The standard InChI is InChI=1S/C14H21NO3S/c1-4-12(5-2)15-14(16)10-19(17,18)13-8-6-11(3)7-9-13/h6-9,12H,4-5,10H2,1-3H3,(H,15,16). The van der Waals surface area contributed by atoms with Gasteiger partial charge in [0.1, 0.15) is 5.75 Å². The van der Waals surface area contributed by atoms with E-state index in [1.807, 2.05) is 20.8 Å². The van der Waals surface area contributed by atoms with Crippen LogP contribution in [0.2, 0.25) is 0 Å². The lowest BCUT2D eigenvalue weighted by Gasteiger charge is -2.14. The molecule has 0 aliphatic heterocycles. The van der Waals surface area contributed by atoms with Crippen LogP contribution in [0.25, 0.3) is 0 Å². The molecule has 0 saturated heterocycles. The molecule has 1 amide bonds. The molecule has 0 atom stereocenters. The fraction of sp³-hybridized carbons (Fsp3) is 0.500. The van der Waals surface area contributed by atoms with Crippen LogP contribution >= 0.6 is 0 Å². The molecular formula is C14H21NO3S. The quantitative estimate of drug-likeness (QED) is 0.869. The Hall–Kier alpha value is -1.36. The second-order valence-electron chi connectivity index (χ2n) is 4.65. The van der Waals surface area contributed by atoms with Gasteiger partial charge in [0, 0.05) is 6.04 Å². The van der Waals surface area contributed by atoms with Crippen molar-refractivity contribution in [2.45, 2.75) is 44.6 Å². The van der Waals surface area contributed by atoms with Gasteiger partial charge in [-0.05, 0) is 31.9 Å². The molecule has 0 bridgehead atoms. The van der Waals surface area contributed by atoms with Crippen LogP contribution in [0.5, 0.6) is 0 Å². The molecule has 1 rings (SSSR count). The number of carbonyl (C=O) groups excluding carboxylic acids is 1. The highest BCUT2D eigenvalue weighted by atomic mass is 32.2. The third-order valence-electron chi connectivity index (χ3n) is 3.05. The molecule has 0 saturated carbocycles. The summed E-state index contributed by atoms with van der Waals surface area (Å²) in [5, 5.41) is 2.74. The first-order valence-electron chi connectivity index (χ1n) is 6.47. The van der Waals surface area contributed by atoms with Gasteiger partial charge < -0.3 is 5.32 Å². The molecule has 0 fully saturated rings. The van der Waals surface area contributed by atoms with Crippen molar-refractivity contribution in [3.05, 3.63) is 29.8 Å². The van der Waals surface area contributed by atoms with Crippen LogP contribution < -0.4 is 5.32 Å². The summed E-state index contributed by atoms with van der Waals surface area (Å²) in [6.45, 7) is 5.81. The van der Waals surface area contributed by atoms with Crippen LogP contribution in [0, 0.1) is 6.92 Å². The van der Waals surface area contributed by atoms with Gasteiger partial charge in [-0.15, -0.1) is 0 Å². The first kappa shape index (κ1) is 15.7. The Balaban J connectivity index is 2.74. The molecule has 4 nitrogen and oxygen atoms in total.